The smallest absolute Gasteiger partial charge is 0.303 e. The van der Waals surface area contributed by atoms with E-state index in [0.717, 1.165) is 0 Å². The maximum Gasteiger partial charge on any atom is 0.303 e. The molecule has 0 spiro atoms. The Bertz CT molecular complexity index is 583. The van der Waals surface area contributed by atoms with E-state index < -0.39 is 29.9 Å². The minimum absolute atomic E-state index is 0.0450. The van der Waals surface area contributed by atoms with Gasteiger partial charge in [0, 0.05) is 18.9 Å². The first-order chi connectivity index (χ1) is 13.5. The molecule has 4 unspecified atom stereocenters. The van der Waals surface area contributed by atoms with Crippen molar-refractivity contribution in [1.29, 1.82) is 5.41 Å². The number of hydrogen-bond acceptors (Lipinski definition) is 6. The third-order valence-electron chi connectivity index (χ3n) is 4.28. The van der Waals surface area contributed by atoms with Crippen LogP contribution in [0.2, 0.25) is 0 Å². The maximum atomic E-state index is 12.6. The average molecular weight is 415 g/mol. The van der Waals surface area contributed by atoms with Crippen molar-refractivity contribution in [3.8, 4) is 0 Å². The Morgan fingerprint density at radius 3 is 2.17 bits per heavy atom. The van der Waals surface area contributed by atoms with Crippen molar-refractivity contribution in [3.63, 3.8) is 0 Å². The number of carbonyl (C=O) groups excluding carboxylic acids is 3. The largest absolute Gasteiger partial charge is 0.481 e. The molecular formula is C18H34N6O5. The van der Waals surface area contributed by atoms with E-state index >= 15 is 0 Å². The van der Waals surface area contributed by atoms with Gasteiger partial charge < -0.3 is 37.3 Å². The fraction of sp³-hybridized carbons (Fsp3) is 0.722. The Balaban J connectivity index is 5.00. The number of aldehydes is 1. The van der Waals surface area contributed by atoms with Crippen molar-refractivity contribution in [1.82, 2.24) is 16.0 Å². The van der Waals surface area contributed by atoms with Crippen molar-refractivity contribution in [2.75, 3.05) is 13.1 Å². The monoisotopic (exact) mass is 414 g/mol. The Kier molecular flexibility index (Phi) is 12.2. The van der Waals surface area contributed by atoms with Crippen LogP contribution in [0.1, 0.15) is 40.0 Å². The highest BCUT2D eigenvalue weighted by Crippen LogP contribution is 2.16. The Morgan fingerprint density at radius 1 is 1.10 bits per heavy atom. The van der Waals surface area contributed by atoms with E-state index in [1.165, 1.54) is 0 Å². The predicted octanol–water partition coefficient (Wildman–Crippen LogP) is -1.24. The number of amides is 2. The van der Waals surface area contributed by atoms with E-state index in [1.807, 2.05) is 13.8 Å². The second-order valence-electron chi connectivity index (χ2n) is 7.57. The zero-order chi connectivity index (χ0) is 22.6. The number of nitrogens with one attached hydrogen (secondary N) is 4. The van der Waals surface area contributed by atoms with Crippen molar-refractivity contribution in [2.24, 2.45) is 29.2 Å². The van der Waals surface area contributed by atoms with Crippen LogP contribution in [0, 0.1) is 23.2 Å². The van der Waals surface area contributed by atoms with Crippen LogP contribution < -0.4 is 27.4 Å². The molecule has 0 heterocycles. The topological polar surface area (TPSA) is 200 Å². The van der Waals surface area contributed by atoms with E-state index in [9.17, 15) is 19.2 Å². The predicted molar refractivity (Wildman–Crippen MR) is 108 cm³/mol. The molecule has 0 aromatic carbocycles. The highest BCUT2D eigenvalue weighted by atomic mass is 16.4. The van der Waals surface area contributed by atoms with Crippen LogP contribution in [0.3, 0.4) is 0 Å². The molecule has 0 aliphatic rings. The molecule has 4 atom stereocenters. The summed E-state index contributed by atoms with van der Waals surface area (Å²) in [7, 11) is 0. The van der Waals surface area contributed by atoms with Crippen LogP contribution in [0.15, 0.2) is 0 Å². The number of carboxylic acid groups (broad SMARTS) is 1. The van der Waals surface area contributed by atoms with Gasteiger partial charge in [-0.2, -0.15) is 0 Å². The number of rotatable bonds is 14. The van der Waals surface area contributed by atoms with E-state index in [4.69, 9.17) is 22.0 Å². The molecule has 0 saturated heterocycles. The van der Waals surface area contributed by atoms with Crippen molar-refractivity contribution < 1.29 is 24.3 Å². The number of carbonyl (C=O) groups is 4. The van der Waals surface area contributed by atoms with E-state index in [-0.39, 0.29) is 49.6 Å². The second kappa shape index (κ2) is 13.5. The minimum Gasteiger partial charge on any atom is -0.481 e. The van der Waals surface area contributed by atoms with Gasteiger partial charge in [0.25, 0.3) is 0 Å². The fourth-order valence-electron chi connectivity index (χ4n) is 2.77. The lowest BCUT2D eigenvalue weighted by molar-refractivity contribution is -0.138. The summed E-state index contributed by atoms with van der Waals surface area (Å²) in [6.07, 6.45) is 1.02. The first-order valence-electron chi connectivity index (χ1n) is 9.55. The van der Waals surface area contributed by atoms with Gasteiger partial charge in [-0.05, 0) is 31.2 Å². The first kappa shape index (κ1) is 26.3. The van der Waals surface area contributed by atoms with Gasteiger partial charge in [-0.3, -0.25) is 19.8 Å². The van der Waals surface area contributed by atoms with Crippen LogP contribution in [0.5, 0.6) is 0 Å². The molecule has 29 heavy (non-hydrogen) atoms. The average Bonchev–Trinajstić information content (AvgIpc) is 2.62. The van der Waals surface area contributed by atoms with Crippen LogP contribution in [0.25, 0.3) is 0 Å². The van der Waals surface area contributed by atoms with Gasteiger partial charge in [0.15, 0.2) is 5.96 Å². The lowest BCUT2D eigenvalue weighted by atomic mass is 9.92. The van der Waals surface area contributed by atoms with Gasteiger partial charge >= 0.3 is 5.97 Å². The zero-order valence-corrected chi connectivity index (χ0v) is 17.2. The van der Waals surface area contributed by atoms with E-state index in [2.05, 4.69) is 16.0 Å². The Hall–Kier alpha value is -2.69. The Morgan fingerprint density at radius 2 is 1.72 bits per heavy atom. The summed E-state index contributed by atoms with van der Waals surface area (Å²) in [6, 6.07) is -1.77. The van der Waals surface area contributed by atoms with Crippen molar-refractivity contribution >= 4 is 30.0 Å². The molecule has 0 bridgehead atoms. The number of guanidine groups is 1. The summed E-state index contributed by atoms with van der Waals surface area (Å²) < 4.78 is 0. The summed E-state index contributed by atoms with van der Waals surface area (Å²) in [6.45, 7) is 5.53. The minimum atomic E-state index is -0.982. The number of nitrogens with two attached hydrogens (primary N) is 2. The molecule has 0 aliphatic heterocycles. The molecule has 9 N–H and O–H groups in total. The van der Waals surface area contributed by atoms with Gasteiger partial charge in [-0.25, -0.2) is 0 Å². The summed E-state index contributed by atoms with van der Waals surface area (Å²) in [5.74, 6) is -3.02. The standard InChI is InChI=1S/C18H34N6O5/c1-10(2)4-14(17(29)23-13(9-25)8-22-18(20)21)24-16(28)11(3)5-12(7-19)6-15(26)27/h9-14H,4-8,19H2,1-3H3,(H,23,29)(H,24,28)(H,26,27)(H4,20,21,22). The molecule has 166 valence electrons. The molecule has 2 amide bonds. The molecule has 0 saturated carbocycles. The molecule has 0 aliphatic carbocycles. The van der Waals surface area contributed by atoms with Crippen LogP contribution in [0.4, 0.5) is 0 Å². The van der Waals surface area contributed by atoms with Gasteiger partial charge in [-0.1, -0.05) is 20.8 Å². The molecule has 0 aromatic heterocycles. The third kappa shape index (κ3) is 11.7. The highest BCUT2D eigenvalue weighted by Gasteiger charge is 2.27. The second-order valence-corrected chi connectivity index (χ2v) is 7.57. The van der Waals surface area contributed by atoms with E-state index in [0.29, 0.717) is 12.7 Å². The Labute approximate surface area is 170 Å². The molecular weight excluding hydrogens is 380 g/mol. The maximum absolute atomic E-state index is 12.6. The van der Waals surface area contributed by atoms with Gasteiger partial charge in [0.05, 0.1) is 0 Å². The number of aliphatic carboxylic acids is 1. The van der Waals surface area contributed by atoms with Gasteiger partial charge in [0.1, 0.15) is 18.4 Å². The van der Waals surface area contributed by atoms with Gasteiger partial charge in [0.2, 0.25) is 11.8 Å². The van der Waals surface area contributed by atoms with Crippen molar-refractivity contribution in [2.45, 2.75) is 52.1 Å². The van der Waals surface area contributed by atoms with Crippen LogP contribution in [-0.4, -0.2) is 60.3 Å². The van der Waals surface area contributed by atoms with E-state index in [1.54, 1.807) is 6.92 Å². The number of hydrogen-bond donors (Lipinski definition) is 7. The zero-order valence-electron chi connectivity index (χ0n) is 17.2. The molecule has 11 nitrogen and oxygen atoms in total. The van der Waals surface area contributed by atoms with Crippen LogP contribution in [-0.2, 0) is 19.2 Å². The quantitative estimate of drug-likeness (QED) is 0.104. The van der Waals surface area contributed by atoms with Crippen LogP contribution >= 0.6 is 0 Å². The summed E-state index contributed by atoms with van der Waals surface area (Å²) >= 11 is 0. The van der Waals surface area contributed by atoms with Crippen molar-refractivity contribution in [3.05, 3.63) is 0 Å². The normalized spacial score (nSPS) is 14.9. The molecule has 11 heteroatoms. The fourth-order valence-corrected chi connectivity index (χ4v) is 2.77. The summed E-state index contributed by atoms with van der Waals surface area (Å²) in [4.78, 5) is 47.1. The molecule has 0 radical (unpaired) electrons. The summed E-state index contributed by atoms with van der Waals surface area (Å²) in [5.41, 5.74) is 10.8. The molecule has 0 aromatic rings. The molecule has 0 rings (SSSR count). The molecule has 0 fully saturated rings. The SMILES string of the molecule is CC(C)CC(NC(=O)C(C)CC(CN)CC(=O)O)C(=O)NC(C=O)CNC(=N)N. The number of carboxylic acids is 1. The lowest BCUT2D eigenvalue weighted by Crippen LogP contribution is -2.54. The third-order valence-corrected chi connectivity index (χ3v) is 4.28. The summed E-state index contributed by atoms with van der Waals surface area (Å²) in [5, 5.41) is 23.7. The lowest BCUT2D eigenvalue weighted by Gasteiger charge is -2.25. The van der Waals surface area contributed by atoms with Gasteiger partial charge in [-0.15, -0.1) is 0 Å². The highest BCUT2D eigenvalue weighted by molar-refractivity contribution is 5.89. The first-order valence-corrected chi connectivity index (χ1v) is 9.55.